The summed E-state index contributed by atoms with van der Waals surface area (Å²) in [7, 11) is 0. The third-order valence-electron chi connectivity index (χ3n) is 4.67. The van der Waals surface area contributed by atoms with Crippen LogP contribution in [0.1, 0.15) is 16.7 Å². The summed E-state index contributed by atoms with van der Waals surface area (Å²) in [6.45, 7) is 4.82. The lowest BCUT2D eigenvalue weighted by atomic mass is 10.1. The van der Waals surface area contributed by atoms with Crippen molar-refractivity contribution in [3.05, 3.63) is 77.4 Å². The summed E-state index contributed by atoms with van der Waals surface area (Å²) in [6, 6.07) is 17.8. The quantitative estimate of drug-likeness (QED) is 0.673. The van der Waals surface area contributed by atoms with Crippen LogP contribution in [0.4, 0.5) is 0 Å². The highest BCUT2D eigenvalue weighted by Crippen LogP contribution is 2.09. The second-order valence-corrected chi connectivity index (χ2v) is 6.94. The van der Waals surface area contributed by atoms with E-state index in [-0.39, 0.29) is 18.4 Å². The molecule has 6 heteroatoms. The molecule has 6 nitrogen and oxygen atoms in total. The molecule has 2 N–H and O–H groups in total. The first-order valence-electron chi connectivity index (χ1n) is 9.84. The Morgan fingerprint density at radius 3 is 2.34 bits per heavy atom. The molecule has 1 aliphatic heterocycles. The van der Waals surface area contributed by atoms with Crippen molar-refractivity contribution in [2.75, 3.05) is 32.8 Å². The van der Waals surface area contributed by atoms with Crippen LogP contribution in [0.2, 0.25) is 0 Å². The smallest absolute Gasteiger partial charge is 0.244 e. The van der Waals surface area contributed by atoms with Crippen molar-refractivity contribution in [3.63, 3.8) is 0 Å². The SMILES string of the molecule is O=C(/C=C/c1ccccc1)NCC(=O)NCc1ccc(CN2CCOCC2)cc1. The van der Waals surface area contributed by atoms with E-state index >= 15 is 0 Å². The Morgan fingerprint density at radius 1 is 0.931 bits per heavy atom. The summed E-state index contributed by atoms with van der Waals surface area (Å²) in [5, 5.41) is 5.41. The van der Waals surface area contributed by atoms with Crippen LogP contribution >= 0.6 is 0 Å². The maximum absolute atomic E-state index is 12.0. The van der Waals surface area contributed by atoms with Gasteiger partial charge in [0.05, 0.1) is 19.8 Å². The molecule has 0 bridgehead atoms. The average molecular weight is 393 g/mol. The van der Waals surface area contributed by atoms with Crippen molar-refractivity contribution < 1.29 is 14.3 Å². The lowest BCUT2D eigenvalue weighted by Crippen LogP contribution is -2.36. The Balaban J connectivity index is 1.35. The van der Waals surface area contributed by atoms with Crippen LogP contribution in [0, 0.1) is 0 Å². The van der Waals surface area contributed by atoms with Gasteiger partial charge in [0, 0.05) is 32.3 Å². The fraction of sp³-hybridized carbons (Fsp3) is 0.304. The number of nitrogens with one attached hydrogen (secondary N) is 2. The number of carbonyl (C=O) groups excluding carboxylic acids is 2. The zero-order valence-electron chi connectivity index (χ0n) is 16.5. The minimum absolute atomic E-state index is 0.0485. The van der Waals surface area contributed by atoms with Crippen molar-refractivity contribution >= 4 is 17.9 Å². The van der Waals surface area contributed by atoms with Crippen LogP contribution in [-0.2, 0) is 27.4 Å². The molecule has 152 valence electrons. The number of nitrogens with zero attached hydrogens (tertiary/aromatic N) is 1. The third kappa shape index (κ3) is 7.52. The van der Waals surface area contributed by atoms with Crippen molar-refractivity contribution in [2.24, 2.45) is 0 Å². The van der Waals surface area contributed by atoms with Crippen molar-refractivity contribution in [3.8, 4) is 0 Å². The second kappa shape index (κ2) is 11.1. The molecular formula is C23H27N3O3. The van der Waals surface area contributed by atoms with Crippen LogP contribution in [0.25, 0.3) is 6.08 Å². The van der Waals surface area contributed by atoms with Gasteiger partial charge in [-0.1, -0.05) is 54.6 Å². The fourth-order valence-electron chi connectivity index (χ4n) is 3.01. The van der Waals surface area contributed by atoms with Gasteiger partial charge in [0.25, 0.3) is 0 Å². The molecule has 0 radical (unpaired) electrons. The zero-order valence-corrected chi connectivity index (χ0v) is 16.5. The first kappa shape index (κ1) is 20.8. The molecule has 1 aliphatic rings. The van der Waals surface area contributed by atoms with Gasteiger partial charge in [-0.25, -0.2) is 0 Å². The molecule has 2 aromatic rings. The molecule has 1 saturated heterocycles. The van der Waals surface area contributed by atoms with Crippen LogP contribution in [-0.4, -0.2) is 49.6 Å². The number of benzene rings is 2. The highest BCUT2D eigenvalue weighted by molar-refractivity contribution is 5.94. The summed E-state index contributed by atoms with van der Waals surface area (Å²) in [4.78, 5) is 26.1. The van der Waals surface area contributed by atoms with Gasteiger partial charge in [0.1, 0.15) is 0 Å². The number of amides is 2. The van der Waals surface area contributed by atoms with Crippen LogP contribution in [0.15, 0.2) is 60.7 Å². The molecule has 0 unspecified atom stereocenters. The minimum atomic E-state index is -0.295. The number of carbonyl (C=O) groups is 2. The van der Waals surface area contributed by atoms with Gasteiger partial charge in [-0.2, -0.15) is 0 Å². The van der Waals surface area contributed by atoms with Gasteiger partial charge in [-0.3, -0.25) is 14.5 Å². The summed E-state index contributed by atoms with van der Waals surface area (Å²) in [5.41, 5.74) is 3.21. The van der Waals surface area contributed by atoms with Gasteiger partial charge in [-0.15, -0.1) is 0 Å². The monoisotopic (exact) mass is 393 g/mol. The molecule has 29 heavy (non-hydrogen) atoms. The van der Waals surface area contributed by atoms with E-state index in [1.54, 1.807) is 6.08 Å². The van der Waals surface area contributed by atoms with E-state index < -0.39 is 0 Å². The molecule has 0 aromatic heterocycles. The van der Waals surface area contributed by atoms with Crippen LogP contribution < -0.4 is 10.6 Å². The predicted octanol–water partition coefficient (Wildman–Crippen LogP) is 1.96. The zero-order chi connectivity index (χ0) is 20.3. The van der Waals surface area contributed by atoms with E-state index in [0.29, 0.717) is 6.54 Å². The van der Waals surface area contributed by atoms with Crippen molar-refractivity contribution in [1.82, 2.24) is 15.5 Å². The molecule has 0 saturated carbocycles. The third-order valence-corrected chi connectivity index (χ3v) is 4.67. The summed E-state index contributed by atoms with van der Waals surface area (Å²) in [5.74, 6) is -0.514. The van der Waals surface area contributed by atoms with Gasteiger partial charge in [0.2, 0.25) is 11.8 Å². The Labute approximate surface area is 171 Å². The highest BCUT2D eigenvalue weighted by atomic mass is 16.5. The Kier molecular flexibility index (Phi) is 7.98. The number of rotatable bonds is 8. The Bertz CT molecular complexity index is 813. The average Bonchev–Trinajstić information content (AvgIpc) is 2.77. The van der Waals surface area contributed by atoms with E-state index in [1.807, 2.05) is 42.5 Å². The number of ether oxygens (including phenoxy) is 1. The standard InChI is InChI=1S/C23H27N3O3/c27-22(11-10-19-4-2-1-3-5-19)25-17-23(28)24-16-20-6-8-21(9-7-20)18-26-12-14-29-15-13-26/h1-11H,12-18H2,(H,24,28)(H,25,27)/b11-10+. The number of hydrogen-bond acceptors (Lipinski definition) is 4. The normalized spacial score (nSPS) is 14.6. The molecule has 0 aliphatic carbocycles. The summed E-state index contributed by atoms with van der Waals surface area (Å²) < 4.78 is 5.37. The van der Waals surface area contributed by atoms with Gasteiger partial charge in [-0.05, 0) is 22.8 Å². The Morgan fingerprint density at radius 2 is 1.62 bits per heavy atom. The molecule has 3 rings (SSSR count). The van der Waals surface area contributed by atoms with E-state index in [9.17, 15) is 9.59 Å². The molecule has 1 heterocycles. The summed E-state index contributed by atoms with van der Waals surface area (Å²) >= 11 is 0. The fourth-order valence-corrected chi connectivity index (χ4v) is 3.01. The van der Waals surface area contributed by atoms with E-state index in [0.717, 1.165) is 44.0 Å². The molecule has 0 spiro atoms. The summed E-state index contributed by atoms with van der Waals surface area (Å²) in [6.07, 6.45) is 3.14. The molecular weight excluding hydrogens is 366 g/mol. The topological polar surface area (TPSA) is 70.7 Å². The van der Waals surface area contributed by atoms with E-state index in [4.69, 9.17) is 4.74 Å². The minimum Gasteiger partial charge on any atom is -0.379 e. The molecule has 0 atom stereocenters. The number of hydrogen-bond donors (Lipinski definition) is 2. The first-order chi connectivity index (χ1) is 14.2. The van der Waals surface area contributed by atoms with Crippen molar-refractivity contribution in [2.45, 2.75) is 13.1 Å². The maximum Gasteiger partial charge on any atom is 0.244 e. The number of morpholine rings is 1. The maximum atomic E-state index is 12.0. The predicted molar refractivity (Wildman–Crippen MR) is 113 cm³/mol. The van der Waals surface area contributed by atoms with Gasteiger partial charge in [0.15, 0.2) is 0 Å². The molecule has 2 aromatic carbocycles. The van der Waals surface area contributed by atoms with Crippen LogP contribution in [0.3, 0.4) is 0 Å². The second-order valence-electron chi connectivity index (χ2n) is 6.94. The van der Waals surface area contributed by atoms with E-state index in [2.05, 4.69) is 27.7 Å². The van der Waals surface area contributed by atoms with Gasteiger partial charge >= 0.3 is 0 Å². The first-order valence-corrected chi connectivity index (χ1v) is 9.84. The van der Waals surface area contributed by atoms with Gasteiger partial charge < -0.3 is 15.4 Å². The largest absolute Gasteiger partial charge is 0.379 e. The lowest BCUT2D eigenvalue weighted by molar-refractivity contribution is -0.124. The molecule has 2 amide bonds. The van der Waals surface area contributed by atoms with Crippen LogP contribution in [0.5, 0.6) is 0 Å². The van der Waals surface area contributed by atoms with Crippen molar-refractivity contribution in [1.29, 1.82) is 0 Å². The molecule has 1 fully saturated rings. The Hall–Kier alpha value is -2.96. The highest BCUT2D eigenvalue weighted by Gasteiger charge is 2.10. The lowest BCUT2D eigenvalue weighted by Gasteiger charge is -2.26. The van der Waals surface area contributed by atoms with E-state index in [1.165, 1.54) is 11.6 Å².